The van der Waals surface area contributed by atoms with Crippen LogP contribution in [0.25, 0.3) is 0 Å². The average molecular weight is 451 g/mol. The fourth-order valence-corrected chi connectivity index (χ4v) is 3.54. The molecule has 4 heteroatoms. The van der Waals surface area contributed by atoms with Gasteiger partial charge in [-0.2, -0.15) is 0 Å². The third-order valence-corrected chi connectivity index (χ3v) is 5.56. The number of hydrogen-bond donors (Lipinski definition) is 0. The zero-order valence-electron chi connectivity index (χ0n) is 21.1. The second-order valence-corrected chi connectivity index (χ2v) is 8.71. The predicted molar refractivity (Wildman–Crippen MR) is 135 cm³/mol. The first-order valence-corrected chi connectivity index (χ1v) is 13.4. The van der Waals surface area contributed by atoms with Crippen molar-refractivity contribution in [2.75, 3.05) is 13.2 Å². The number of ether oxygens (including phenoxy) is 2. The Kier molecular flexibility index (Phi) is 24.4. The predicted octanol–water partition coefficient (Wildman–Crippen LogP) is 8.25. The molecule has 0 radical (unpaired) electrons. The molecular weight excluding hydrogens is 400 g/mol. The molecule has 0 saturated carbocycles. The molecule has 0 atom stereocenters. The number of esters is 2. The van der Waals surface area contributed by atoms with Gasteiger partial charge in [0, 0.05) is 12.2 Å². The molecule has 0 aromatic carbocycles. The number of carbonyl (C=O) groups excluding carboxylic acids is 2. The zero-order valence-corrected chi connectivity index (χ0v) is 21.1. The molecule has 0 bridgehead atoms. The lowest BCUT2D eigenvalue weighted by atomic mass is 10.1. The summed E-state index contributed by atoms with van der Waals surface area (Å²) in [6.45, 7) is 5.40. The van der Waals surface area contributed by atoms with Crippen LogP contribution in [0.3, 0.4) is 0 Å². The lowest BCUT2D eigenvalue weighted by molar-refractivity contribution is -0.138. The number of hydrogen-bond acceptors (Lipinski definition) is 4. The Balaban J connectivity index is 3.48. The third-order valence-electron chi connectivity index (χ3n) is 5.56. The minimum absolute atomic E-state index is 0.364. The minimum Gasteiger partial charge on any atom is -0.463 e. The second-order valence-electron chi connectivity index (χ2n) is 8.71. The molecule has 0 saturated heterocycles. The lowest BCUT2D eigenvalue weighted by Gasteiger charge is -2.03. The molecular formula is C28H50O4. The number of rotatable bonds is 23. The maximum absolute atomic E-state index is 11.6. The third kappa shape index (κ3) is 24.7. The number of carbonyl (C=O) groups is 2. The first kappa shape index (κ1) is 30.4. The van der Waals surface area contributed by atoms with Gasteiger partial charge >= 0.3 is 11.9 Å². The summed E-state index contributed by atoms with van der Waals surface area (Å²) in [6.07, 6.45) is 28.0. The number of allylic oxidation sites excluding steroid dienone is 2. The van der Waals surface area contributed by atoms with Crippen LogP contribution in [-0.4, -0.2) is 25.2 Å². The summed E-state index contributed by atoms with van der Waals surface area (Å²) in [5, 5.41) is 0. The van der Waals surface area contributed by atoms with Crippen molar-refractivity contribution in [2.24, 2.45) is 0 Å². The van der Waals surface area contributed by atoms with Crippen molar-refractivity contribution in [1.29, 1.82) is 0 Å². The smallest absolute Gasteiger partial charge is 0.330 e. The van der Waals surface area contributed by atoms with Crippen LogP contribution in [0.15, 0.2) is 24.3 Å². The van der Waals surface area contributed by atoms with Gasteiger partial charge in [0.2, 0.25) is 0 Å². The van der Waals surface area contributed by atoms with E-state index in [-0.39, 0.29) is 11.9 Å². The van der Waals surface area contributed by atoms with E-state index in [1.165, 1.54) is 114 Å². The van der Waals surface area contributed by atoms with Gasteiger partial charge in [-0.25, -0.2) is 9.59 Å². The van der Waals surface area contributed by atoms with Crippen LogP contribution in [0.2, 0.25) is 0 Å². The van der Waals surface area contributed by atoms with Crippen molar-refractivity contribution in [2.45, 2.75) is 129 Å². The molecule has 0 aliphatic heterocycles. The van der Waals surface area contributed by atoms with E-state index in [2.05, 4.69) is 13.8 Å². The van der Waals surface area contributed by atoms with Gasteiger partial charge in [-0.3, -0.25) is 0 Å². The fraction of sp³-hybridized carbons (Fsp3) is 0.786. The Hall–Kier alpha value is -1.58. The van der Waals surface area contributed by atoms with Crippen LogP contribution in [-0.2, 0) is 19.1 Å². The molecule has 0 rings (SSSR count). The minimum atomic E-state index is -0.364. The monoisotopic (exact) mass is 450 g/mol. The SMILES string of the molecule is CCCCCCCCCCCOC(=O)C=CC=CC(=O)OCCCCCCCCCCC. The van der Waals surface area contributed by atoms with E-state index >= 15 is 0 Å². The molecule has 186 valence electrons. The highest BCUT2D eigenvalue weighted by molar-refractivity contribution is 5.84. The maximum atomic E-state index is 11.6. The van der Waals surface area contributed by atoms with E-state index < -0.39 is 0 Å². The molecule has 0 N–H and O–H groups in total. The van der Waals surface area contributed by atoms with Crippen molar-refractivity contribution in [3.63, 3.8) is 0 Å². The van der Waals surface area contributed by atoms with Crippen molar-refractivity contribution >= 4 is 11.9 Å². The van der Waals surface area contributed by atoms with Crippen molar-refractivity contribution in [1.82, 2.24) is 0 Å². The van der Waals surface area contributed by atoms with Crippen molar-refractivity contribution in [3.05, 3.63) is 24.3 Å². The van der Waals surface area contributed by atoms with Gasteiger partial charge in [-0.1, -0.05) is 129 Å². The summed E-state index contributed by atoms with van der Waals surface area (Å²) in [5.41, 5.74) is 0. The average Bonchev–Trinajstić information content (AvgIpc) is 2.79. The van der Waals surface area contributed by atoms with Gasteiger partial charge in [0.15, 0.2) is 0 Å². The molecule has 0 amide bonds. The second kappa shape index (κ2) is 25.7. The Labute approximate surface area is 198 Å². The van der Waals surface area contributed by atoms with Crippen LogP contribution in [0, 0.1) is 0 Å². The van der Waals surface area contributed by atoms with E-state index in [4.69, 9.17) is 9.47 Å². The zero-order chi connectivity index (χ0) is 23.5. The van der Waals surface area contributed by atoms with E-state index in [0.29, 0.717) is 13.2 Å². The van der Waals surface area contributed by atoms with Gasteiger partial charge in [0.05, 0.1) is 13.2 Å². The first-order valence-electron chi connectivity index (χ1n) is 13.4. The summed E-state index contributed by atoms with van der Waals surface area (Å²) in [4.78, 5) is 23.3. The Morgan fingerprint density at radius 1 is 0.469 bits per heavy atom. The Morgan fingerprint density at radius 3 is 1.06 bits per heavy atom. The van der Waals surface area contributed by atoms with Crippen LogP contribution in [0.4, 0.5) is 0 Å². The van der Waals surface area contributed by atoms with E-state index in [1.807, 2.05) is 0 Å². The van der Waals surface area contributed by atoms with Gasteiger partial charge < -0.3 is 9.47 Å². The molecule has 0 aromatic heterocycles. The highest BCUT2D eigenvalue weighted by atomic mass is 16.5. The van der Waals surface area contributed by atoms with Crippen LogP contribution in [0.1, 0.15) is 129 Å². The number of unbranched alkanes of at least 4 members (excludes halogenated alkanes) is 16. The molecule has 0 aromatic rings. The van der Waals surface area contributed by atoms with E-state index in [1.54, 1.807) is 0 Å². The first-order chi connectivity index (χ1) is 15.7. The quantitative estimate of drug-likeness (QED) is 0.0680. The summed E-state index contributed by atoms with van der Waals surface area (Å²) < 4.78 is 10.3. The Bertz CT molecular complexity index is 438. The molecule has 4 nitrogen and oxygen atoms in total. The standard InChI is InChI=1S/C28H50O4/c1-3-5-7-9-11-13-15-17-21-25-31-27(29)23-19-20-24-28(30)32-26-22-18-16-14-12-10-8-6-4-2/h19-20,23-24H,3-18,21-22,25-26H2,1-2H3. The van der Waals surface area contributed by atoms with Gasteiger partial charge in [-0.15, -0.1) is 0 Å². The lowest BCUT2D eigenvalue weighted by Crippen LogP contribution is -2.03. The highest BCUT2D eigenvalue weighted by Gasteiger charge is 1.98. The summed E-state index contributed by atoms with van der Waals surface area (Å²) >= 11 is 0. The van der Waals surface area contributed by atoms with Crippen LogP contribution < -0.4 is 0 Å². The molecule has 0 aliphatic carbocycles. The molecule has 0 spiro atoms. The van der Waals surface area contributed by atoms with Gasteiger partial charge in [0.1, 0.15) is 0 Å². The summed E-state index contributed by atoms with van der Waals surface area (Å²) in [5.74, 6) is -0.727. The van der Waals surface area contributed by atoms with Crippen LogP contribution in [0.5, 0.6) is 0 Å². The van der Waals surface area contributed by atoms with E-state index in [9.17, 15) is 9.59 Å². The summed E-state index contributed by atoms with van der Waals surface area (Å²) in [6, 6.07) is 0. The van der Waals surface area contributed by atoms with Gasteiger partial charge in [0.25, 0.3) is 0 Å². The molecule has 0 unspecified atom stereocenters. The largest absolute Gasteiger partial charge is 0.463 e. The van der Waals surface area contributed by atoms with Gasteiger partial charge in [-0.05, 0) is 12.8 Å². The Morgan fingerprint density at radius 2 is 0.750 bits per heavy atom. The topological polar surface area (TPSA) is 52.6 Å². The summed E-state index contributed by atoms with van der Waals surface area (Å²) in [7, 11) is 0. The molecule has 0 fully saturated rings. The van der Waals surface area contributed by atoms with Crippen molar-refractivity contribution < 1.29 is 19.1 Å². The molecule has 0 aliphatic rings. The highest BCUT2D eigenvalue weighted by Crippen LogP contribution is 2.10. The van der Waals surface area contributed by atoms with Crippen molar-refractivity contribution in [3.8, 4) is 0 Å². The van der Waals surface area contributed by atoms with Crippen LogP contribution >= 0.6 is 0 Å². The molecule has 32 heavy (non-hydrogen) atoms. The fourth-order valence-electron chi connectivity index (χ4n) is 3.54. The van der Waals surface area contributed by atoms with E-state index in [0.717, 1.165) is 25.7 Å². The maximum Gasteiger partial charge on any atom is 0.330 e. The normalized spacial score (nSPS) is 11.4. The molecule has 0 heterocycles.